The van der Waals surface area contributed by atoms with E-state index in [9.17, 15) is 13.6 Å². The molecule has 1 saturated carbocycles. The summed E-state index contributed by atoms with van der Waals surface area (Å²) in [6.07, 6.45) is 1.23. The van der Waals surface area contributed by atoms with Gasteiger partial charge in [-0.25, -0.2) is 13.8 Å². The molecule has 0 aromatic carbocycles. The number of likely N-dealkylation sites (tertiary alicyclic amines) is 1. The Hall–Kier alpha value is -2.12. The molecule has 0 radical (unpaired) electrons. The molecule has 4 rings (SSSR count). The van der Waals surface area contributed by atoms with Gasteiger partial charge in [0.2, 0.25) is 5.91 Å². The molecule has 6 nitrogen and oxygen atoms in total. The maximum Gasteiger partial charge on any atom is 0.280 e. The van der Waals surface area contributed by atoms with Crippen molar-refractivity contribution in [2.45, 2.75) is 38.5 Å². The number of aromatic nitrogens is 4. The molecule has 2 aromatic rings. The molecule has 3 heterocycles. The third-order valence-electron chi connectivity index (χ3n) is 5.10. The number of carbonyl (C=O) groups is 1. The molecule has 0 bridgehead atoms. The zero-order valence-electron chi connectivity index (χ0n) is 13.4. The van der Waals surface area contributed by atoms with Gasteiger partial charge in [0.25, 0.3) is 12.2 Å². The number of piperidine rings is 1. The van der Waals surface area contributed by atoms with E-state index in [2.05, 4.69) is 22.0 Å². The van der Waals surface area contributed by atoms with Gasteiger partial charge in [0.05, 0.1) is 5.69 Å². The van der Waals surface area contributed by atoms with Crippen LogP contribution in [0.2, 0.25) is 0 Å². The second-order valence-corrected chi connectivity index (χ2v) is 6.82. The Balaban J connectivity index is 1.60. The molecule has 1 aliphatic heterocycles. The van der Waals surface area contributed by atoms with Gasteiger partial charge in [-0.15, -0.1) is 0 Å². The molecule has 3 atom stereocenters. The van der Waals surface area contributed by atoms with Gasteiger partial charge in [-0.1, -0.05) is 6.92 Å². The zero-order valence-corrected chi connectivity index (χ0v) is 13.4. The van der Waals surface area contributed by atoms with Crippen LogP contribution in [0.3, 0.4) is 0 Å². The Labute approximate surface area is 137 Å². The van der Waals surface area contributed by atoms with Crippen molar-refractivity contribution in [2.75, 3.05) is 13.1 Å². The fraction of sp³-hybridized carbons (Fsp3) is 0.625. The highest BCUT2D eigenvalue weighted by atomic mass is 19.3. The molecule has 8 heteroatoms. The Kier molecular flexibility index (Phi) is 3.69. The number of amides is 1. The monoisotopic (exact) mass is 335 g/mol. The largest absolute Gasteiger partial charge is 0.342 e. The van der Waals surface area contributed by atoms with Crippen LogP contribution < -0.4 is 0 Å². The summed E-state index contributed by atoms with van der Waals surface area (Å²) in [7, 11) is 0. The molecule has 24 heavy (non-hydrogen) atoms. The zero-order chi connectivity index (χ0) is 16.8. The van der Waals surface area contributed by atoms with E-state index >= 15 is 0 Å². The van der Waals surface area contributed by atoms with Crippen molar-refractivity contribution in [3.63, 3.8) is 0 Å². The average molecular weight is 335 g/mol. The standard InChI is InChI=1S/C16H19F2N5O/c1-9-5-11(9)15(24)22-4-2-3-10(7-22)12-6-13(14(17)18)23-16(21-12)19-8-20-23/h6,8-11,14H,2-5,7H2,1H3/t9-,10+,11+/m1/s1. The van der Waals surface area contributed by atoms with Crippen LogP contribution >= 0.6 is 0 Å². The summed E-state index contributed by atoms with van der Waals surface area (Å²) in [5.41, 5.74) is 0.374. The topological polar surface area (TPSA) is 63.4 Å². The highest BCUT2D eigenvalue weighted by Crippen LogP contribution is 2.40. The van der Waals surface area contributed by atoms with Gasteiger partial charge < -0.3 is 4.90 Å². The molecular formula is C16H19F2N5O. The van der Waals surface area contributed by atoms with Crippen LogP contribution in [0.1, 0.15) is 49.9 Å². The van der Waals surface area contributed by atoms with Crippen LogP contribution in [0.5, 0.6) is 0 Å². The molecular weight excluding hydrogens is 316 g/mol. The van der Waals surface area contributed by atoms with Gasteiger partial charge in [-0.3, -0.25) is 4.79 Å². The predicted octanol–water partition coefficient (Wildman–Crippen LogP) is 2.42. The lowest BCUT2D eigenvalue weighted by Gasteiger charge is -2.33. The second kappa shape index (κ2) is 5.75. The van der Waals surface area contributed by atoms with Gasteiger partial charge in [0.1, 0.15) is 12.0 Å². The Morgan fingerprint density at radius 2 is 2.21 bits per heavy atom. The first-order valence-corrected chi connectivity index (χ1v) is 8.32. The van der Waals surface area contributed by atoms with Crippen molar-refractivity contribution in [3.05, 3.63) is 23.8 Å². The highest BCUT2D eigenvalue weighted by Gasteiger charge is 2.42. The number of alkyl halides is 2. The number of carbonyl (C=O) groups excluding carboxylic acids is 1. The number of fused-ring (bicyclic) bond motifs is 1. The molecule has 0 N–H and O–H groups in total. The van der Waals surface area contributed by atoms with Crippen molar-refractivity contribution >= 4 is 11.7 Å². The van der Waals surface area contributed by atoms with Crippen molar-refractivity contribution in [1.82, 2.24) is 24.5 Å². The summed E-state index contributed by atoms with van der Waals surface area (Å²) in [6, 6.07) is 1.41. The van der Waals surface area contributed by atoms with Crippen LogP contribution in [0.25, 0.3) is 5.78 Å². The van der Waals surface area contributed by atoms with E-state index in [-0.39, 0.29) is 29.2 Å². The van der Waals surface area contributed by atoms with E-state index in [1.54, 1.807) is 0 Å². The summed E-state index contributed by atoms with van der Waals surface area (Å²) in [4.78, 5) is 22.7. The fourth-order valence-corrected chi connectivity index (χ4v) is 3.54. The van der Waals surface area contributed by atoms with Gasteiger partial charge >= 0.3 is 0 Å². The molecule has 2 fully saturated rings. The molecule has 1 aliphatic carbocycles. The van der Waals surface area contributed by atoms with Crippen LogP contribution in [-0.4, -0.2) is 43.5 Å². The molecule has 2 aliphatic rings. The first kappa shape index (κ1) is 15.4. The first-order valence-electron chi connectivity index (χ1n) is 8.32. The van der Waals surface area contributed by atoms with Gasteiger partial charge in [0.15, 0.2) is 0 Å². The molecule has 0 unspecified atom stereocenters. The lowest BCUT2D eigenvalue weighted by atomic mass is 9.93. The number of nitrogens with zero attached hydrogens (tertiary/aromatic N) is 5. The summed E-state index contributed by atoms with van der Waals surface area (Å²) in [5.74, 6) is 0.962. The van der Waals surface area contributed by atoms with E-state index in [0.717, 1.165) is 30.3 Å². The van der Waals surface area contributed by atoms with Gasteiger partial charge in [-0.05, 0) is 31.2 Å². The number of hydrogen-bond acceptors (Lipinski definition) is 4. The van der Waals surface area contributed by atoms with Crippen LogP contribution in [0.15, 0.2) is 12.4 Å². The predicted molar refractivity (Wildman–Crippen MR) is 81.6 cm³/mol. The highest BCUT2D eigenvalue weighted by molar-refractivity contribution is 5.81. The van der Waals surface area contributed by atoms with E-state index in [1.807, 2.05) is 4.90 Å². The Morgan fingerprint density at radius 1 is 1.42 bits per heavy atom. The Bertz CT molecular complexity index is 777. The maximum absolute atomic E-state index is 13.3. The SMILES string of the molecule is C[C@@H]1C[C@@H]1C(=O)N1CCC[C@H](c2cc(C(F)F)n3ncnc3n2)C1. The molecule has 2 aromatic heterocycles. The quantitative estimate of drug-likeness (QED) is 0.864. The lowest BCUT2D eigenvalue weighted by Crippen LogP contribution is -2.40. The minimum absolute atomic E-state index is 0.0315. The molecule has 1 amide bonds. The van der Waals surface area contributed by atoms with Gasteiger partial charge in [0, 0.05) is 24.9 Å². The molecule has 0 spiro atoms. The number of halogens is 2. The summed E-state index contributed by atoms with van der Waals surface area (Å²) < 4.78 is 27.7. The number of rotatable bonds is 3. The minimum Gasteiger partial charge on any atom is -0.342 e. The Morgan fingerprint density at radius 3 is 2.92 bits per heavy atom. The minimum atomic E-state index is -2.65. The van der Waals surface area contributed by atoms with E-state index < -0.39 is 6.43 Å². The third-order valence-corrected chi connectivity index (χ3v) is 5.10. The maximum atomic E-state index is 13.3. The summed E-state index contributed by atoms with van der Waals surface area (Å²) in [5, 5.41) is 3.81. The summed E-state index contributed by atoms with van der Waals surface area (Å²) in [6.45, 7) is 3.37. The number of hydrogen-bond donors (Lipinski definition) is 0. The van der Waals surface area contributed by atoms with Gasteiger partial charge in [-0.2, -0.15) is 14.6 Å². The average Bonchev–Trinajstić information content (AvgIpc) is 3.12. The molecule has 1 saturated heterocycles. The third kappa shape index (κ3) is 2.63. The normalized spacial score (nSPS) is 27.0. The van der Waals surface area contributed by atoms with Crippen molar-refractivity contribution in [3.8, 4) is 0 Å². The van der Waals surface area contributed by atoms with Crippen LogP contribution in [-0.2, 0) is 4.79 Å². The van der Waals surface area contributed by atoms with Crippen molar-refractivity contribution < 1.29 is 13.6 Å². The van der Waals surface area contributed by atoms with Crippen LogP contribution in [0.4, 0.5) is 8.78 Å². The first-order chi connectivity index (χ1) is 11.5. The lowest BCUT2D eigenvalue weighted by molar-refractivity contribution is -0.134. The molecule has 128 valence electrons. The second-order valence-electron chi connectivity index (χ2n) is 6.82. The fourth-order valence-electron chi connectivity index (χ4n) is 3.54. The summed E-state index contributed by atoms with van der Waals surface area (Å²) >= 11 is 0. The van der Waals surface area contributed by atoms with Crippen molar-refractivity contribution in [2.24, 2.45) is 11.8 Å². The van der Waals surface area contributed by atoms with E-state index in [0.29, 0.717) is 18.2 Å². The van der Waals surface area contributed by atoms with Crippen molar-refractivity contribution in [1.29, 1.82) is 0 Å². The van der Waals surface area contributed by atoms with E-state index in [4.69, 9.17) is 0 Å². The van der Waals surface area contributed by atoms with E-state index in [1.165, 1.54) is 12.4 Å². The van der Waals surface area contributed by atoms with Crippen LogP contribution in [0, 0.1) is 11.8 Å². The smallest absolute Gasteiger partial charge is 0.280 e.